The lowest BCUT2D eigenvalue weighted by Gasteiger charge is -2.07. The minimum atomic E-state index is 0.881. The Kier molecular flexibility index (Phi) is 2.63. The fourth-order valence-corrected chi connectivity index (χ4v) is 2.39. The van der Waals surface area contributed by atoms with Crippen molar-refractivity contribution in [3.05, 3.63) is 71.3 Å². The summed E-state index contributed by atoms with van der Waals surface area (Å²) in [5.41, 5.74) is 5.06. The van der Waals surface area contributed by atoms with Gasteiger partial charge in [-0.1, -0.05) is 30.3 Å². The van der Waals surface area contributed by atoms with Gasteiger partial charge in [0.25, 0.3) is 0 Å². The molecule has 2 aromatic heterocycles. The highest BCUT2D eigenvalue weighted by molar-refractivity contribution is 5.48. The van der Waals surface area contributed by atoms with Crippen LogP contribution < -0.4 is 0 Å². The molecule has 0 amide bonds. The molecule has 0 unspecified atom stereocenters. The molecule has 0 N–H and O–H groups in total. The summed E-state index contributed by atoms with van der Waals surface area (Å²) in [6.45, 7) is 4.27. The molecule has 1 aromatic carbocycles. The number of benzene rings is 1. The second kappa shape index (κ2) is 4.30. The van der Waals surface area contributed by atoms with Crippen LogP contribution in [0.15, 0.2) is 48.7 Å². The minimum Gasteiger partial charge on any atom is -0.301 e. The maximum Gasteiger partial charge on any atom is 0.117 e. The van der Waals surface area contributed by atoms with Crippen molar-refractivity contribution in [1.29, 1.82) is 0 Å². The average molecular weight is 236 g/mol. The van der Waals surface area contributed by atoms with Crippen LogP contribution in [-0.2, 0) is 6.42 Å². The van der Waals surface area contributed by atoms with E-state index in [-0.39, 0.29) is 0 Å². The zero-order valence-corrected chi connectivity index (χ0v) is 10.7. The first-order valence-corrected chi connectivity index (χ1v) is 6.22. The van der Waals surface area contributed by atoms with E-state index in [2.05, 4.69) is 65.7 Å². The van der Waals surface area contributed by atoms with Gasteiger partial charge in [0.2, 0.25) is 0 Å². The maximum atomic E-state index is 4.56. The molecule has 0 aliphatic rings. The molecule has 2 nitrogen and oxygen atoms in total. The Labute approximate surface area is 107 Å². The first-order valence-electron chi connectivity index (χ1n) is 6.22. The monoisotopic (exact) mass is 236 g/mol. The van der Waals surface area contributed by atoms with Crippen LogP contribution in [0, 0.1) is 13.8 Å². The number of aromatic nitrogens is 2. The summed E-state index contributed by atoms with van der Waals surface area (Å²) >= 11 is 0. The fraction of sp³-hybridized carbons (Fsp3) is 0.188. The van der Waals surface area contributed by atoms with E-state index >= 15 is 0 Å². The van der Waals surface area contributed by atoms with Crippen molar-refractivity contribution in [3.63, 3.8) is 0 Å². The summed E-state index contributed by atoms with van der Waals surface area (Å²) in [7, 11) is 0. The van der Waals surface area contributed by atoms with Crippen LogP contribution in [0.2, 0.25) is 0 Å². The lowest BCUT2D eigenvalue weighted by Crippen LogP contribution is -2.00. The van der Waals surface area contributed by atoms with Gasteiger partial charge in [0.15, 0.2) is 0 Å². The Balaban J connectivity index is 2.09. The van der Waals surface area contributed by atoms with Gasteiger partial charge in [-0.25, -0.2) is 4.98 Å². The van der Waals surface area contributed by atoms with E-state index in [1.54, 1.807) is 0 Å². The SMILES string of the molecule is Cc1ccccc1Cc1ncc2cccc(C)n12. The third-order valence-electron chi connectivity index (χ3n) is 3.43. The first-order chi connectivity index (χ1) is 8.75. The molecule has 0 fully saturated rings. The fourth-order valence-electron chi connectivity index (χ4n) is 2.39. The molecule has 0 aliphatic heterocycles. The van der Waals surface area contributed by atoms with Gasteiger partial charge in [-0.3, -0.25) is 0 Å². The smallest absolute Gasteiger partial charge is 0.117 e. The molecule has 3 aromatic rings. The zero-order chi connectivity index (χ0) is 12.5. The van der Waals surface area contributed by atoms with E-state index in [1.165, 1.54) is 22.3 Å². The van der Waals surface area contributed by atoms with Crippen LogP contribution >= 0.6 is 0 Å². The standard InChI is InChI=1S/C16H16N2/c1-12-6-3-4-8-14(12)10-16-17-11-15-9-5-7-13(2)18(15)16/h3-9,11H,10H2,1-2H3. The van der Waals surface area contributed by atoms with Gasteiger partial charge in [-0.2, -0.15) is 0 Å². The van der Waals surface area contributed by atoms with Crippen LogP contribution in [0.4, 0.5) is 0 Å². The summed E-state index contributed by atoms with van der Waals surface area (Å²) in [6.07, 6.45) is 2.83. The molecular weight excluding hydrogens is 220 g/mol. The van der Waals surface area contributed by atoms with Gasteiger partial charge in [-0.05, 0) is 37.1 Å². The largest absolute Gasteiger partial charge is 0.301 e. The number of imidazole rings is 1. The molecule has 2 heteroatoms. The summed E-state index contributed by atoms with van der Waals surface area (Å²) < 4.78 is 2.23. The van der Waals surface area contributed by atoms with Gasteiger partial charge in [-0.15, -0.1) is 0 Å². The van der Waals surface area contributed by atoms with E-state index in [0.29, 0.717) is 0 Å². The van der Waals surface area contributed by atoms with Gasteiger partial charge in [0.05, 0.1) is 11.7 Å². The van der Waals surface area contributed by atoms with Crippen LogP contribution in [-0.4, -0.2) is 9.38 Å². The molecule has 0 spiro atoms. The molecule has 0 saturated carbocycles. The van der Waals surface area contributed by atoms with E-state index < -0.39 is 0 Å². The Bertz CT molecular complexity index is 695. The third-order valence-corrected chi connectivity index (χ3v) is 3.43. The van der Waals surface area contributed by atoms with E-state index in [0.717, 1.165) is 12.2 Å². The lowest BCUT2D eigenvalue weighted by atomic mass is 10.1. The second-order valence-electron chi connectivity index (χ2n) is 4.71. The summed E-state index contributed by atoms with van der Waals surface area (Å²) in [6, 6.07) is 14.8. The first kappa shape index (κ1) is 11.0. The van der Waals surface area contributed by atoms with Crippen molar-refractivity contribution in [3.8, 4) is 0 Å². The molecule has 90 valence electrons. The van der Waals surface area contributed by atoms with Crippen LogP contribution in [0.5, 0.6) is 0 Å². The normalized spacial score (nSPS) is 11.0. The van der Waals surface area contributed by atoms with E-state index in [9.17, 15) is 0 Å². The van der Waals surface area contributed by atoms with Crippen molar-refractivity contribution >= 4 is 5.52 Å². The van der Waals surface area contributed by atoms with Gasteiger partial charge < -0.3 is 4.40 Å². The Morgan fingerprint density at radius 3 is 2.67 bits per heavy atom. The number of fused-ring (bicyclic) bond motifs is 1. The van der Waals surface area contributed by atoms with Crippen LogP contribution in [0.3, 0.4) is 0 Å². The molecule has 0 bridgehead atoms. The molecule has 18 heavy (non-hydrogen) atoms. The van der Waals surface area contributed by atoms with Crippen molar-refractivity contribution < 1.29 is 0 Å². The van der Waals surface area contributed by atoms with Crippen LogP contribution in [0.25, 0.3) is 5.52 Å². The predicted molar refractivity (Wildman–Crippen MR) is 73.9 cm³/mol. The highest BCUT2D eigenvalue weighted by atomic mass is 15.0. The second-order valence-corrected chi connectivity index (χ2v) is 4.71. The highest BCUT2D eigenvalue weighted by Crippen LogP contribution is 2.16. The molecule has 0 saturated heterocycles. The number of hydrogen-bond donors (Lipinski definition) is 0. The Morgan fingerprint density at radius 2 is 1.83 bits per heavy atom. The Morgan fingerprint density at radius 1 is 1.00 bits per heavy atom. The zero-order valence-electron chi connectivity index (χ0n) is 10.7. The highest BCUT2D eigenvalue weighted by Gasteiger charge is 2.07. The number of nitrogens with zero attached hydrogens (tertiary/aromatic N) is 2. The van der Waals surface area contributed by atoms with Crippen molar-refractivity contribution in [1.82, 2.24) is 9.38 Å². The molecule has 0 atom stereocenters. The average Bonchev–Trinajstić information content (AvgIpc) is 2.77. The molecular formula is C16H16N2. The predicted octanol–water partition coefficient (Wildman–Crippen LogP) is 3.54. The summed E-state index contributed by atoms with van der Waals surface area (Å²) in [5, 5.41) is 0. The van der Waals surface area contributed by atoms with Crippen molar-refractivity contribution in [2.24, 2.45) is 0 Å². The van der Waals surface area contributed by atoms with Crippen LogP contribution in [0.1, 0.15) is 22.6 Å². The van der Waals surface area contributed by atoms with Gasteiger partial charge in [0.1, 0.15) is 5.82 Å². The topological polar surface area (TPSA) is 17.3 Å². The summed E-state index contributed by atoms with van der Waals surface area (Å²) in [5.74, 6) is 1.11. The number of rotatable bonds is 2. The van der Waals surface area contributed by atoms with Crippen molar-refractivity contribution in [2.45, 2.75) is 20.3 Å². The third kappa shape index (κ3) is 1.80. The van der Waals surface area contributed by atoms with E-state index in [1.807, 2.05) is 6.20 Å². The summed E-state index contributed by atoms with van der Waals surface area (Å²) in [4.78, 5) is 4.56. The molecule has 2 heterocycles. The van der Waals surface area contributed by atoms with Gasteiger partial charge >= 0.3 is 0 Å². The Hall–Kier alpha value is -2.09. The number of pyridine rings is 1. The van der Waals surface area contributed by atoms with Gasteiger partial charge in [0, 0.05) is 12.1 Å². The maximum absolute atomic E-state index is 4.56. The minimum absolute atomic E-state index is 0.881. The molecule has 0 aliphatic carbocycles. The molecule has 3 rings (SSSR count). The van der Waals surface area contributed by atoms with Crippen molar-refractivity contribution in [2.75, 3.05) is 0 Å². The number of aryl methyl sites for hydroxylation is 2. The number of hydrogen-bond acceptors (Lipinski definition) is 1. The lowest BCUT2D eigenvalue weighted by molar-refractivity contribution is 0.927. The quantitative estimate of drug-likeness (QED) is 0.665. The molecule has 0 radical (unpaired) electrons. The van der Waals surface area contributed by atoms with E-state index in [4.69, 9.17) is 0 Å².